The van der Waals surface area contributed by atoms with Crippen LogP contribution in [0.2, 0.25) is 0 Å². The Kier molecular flexibility index (Phi) is 3.72. The standard InChI is InChI=1S/C13H16BrNO2/c1-9-4-2-3-5-15(9)12-7-10(13(16)17)6-11(14)8-12/h6-9H,2-5H2,1H3,(H,16,17). The predicted octanol–water partition coefficient (Wildman–Crippen LogP) is 3.53. The minimum atomic E-state index is -0.878. The lowest BCUT2D eigenvalue weighted by Gasteiger charge is -2.35. The summed E-state index contributed by atoms with van der Waals surface area (Å²) in [4.78, 5) is 13.3. The van der Waals surface area contributed by atoms with Gasteiger partial charge in [0.25, 0.3) is 0 Å². The second kappa shape index (κ2) is 5.08. The molecular weight excluding hydrogens is 282 g/mol. The van der Waals surface area contributed by atoms with Crippen molar-refractivity contribution in [3.63, 3.8) is 0 Å². The fourth-order valence-corrected chi connectivity index (χ4v) is 2.83. The van der Waals surface area contributed by atoms with Crippen LogP contribution in [0.5, 0.6) is 0 Å². The molecule has 92 valence electrons. The third-order valence-electron chi connectivity index (χ3n) is 3.26. The maximum atomic E-state index is 11.0. The fourth-order valence-electron chi connectivity index (χ4n) is 2.35. The lowest BCUT2D eigenvalue weighted by molar-refractivity contribution is 0.0697. The molecule has 1 saturated heterocycles. The van der Waals surface area contributed by atoms with Crippen LogP contribution in [0.15, 0.2) is 22.7 Å². The number of rotatable bonds is 2. The van der Waals surface area contributed by atoms with Crippen molar-refractivity contribution in [1.29, 1.82) is 0 Å². The Morgan fingerprint density at radius 2 is 2.18 bits per heavy atom. The van der Waals surface area contributed by atoms with Gasteiger partial charge in [-0.25, -0.2) is 4.79 Å². The molecular formula is C13H16BrNO2. The van der Waals surface area contributed by atoms with Gasteiger partial charge >= 0.3 is 5.97 Å². The molecule has 17 heavy (non-hydrogen) atoms. The highest BCUT2D eigenvalue weighted by Gasteiger charge is 2.19. The van der Waals surface area contributed by atoms with Crippen LogP contribution in [0.3, 0.4) is 0 Å². The summed E-state index contributed by atoms with van der Waals surface area (Å²) in [6.07, 6.45) is 3.62. The van der Waals surface area contributed by atoms with Gasteiger partial charge in [-0.05, 0) is 44.4 Å². The first-order valence-corrected chi connectivity index (χ1v) is 6.68. The van der Waals surface area contributed by atoms with Gasteiger partial charge in [-0.1, -0.05) is 15.9 Å². The van der Waals surface area contributed by atoms with Gasteiger partial charge in [0.15, 0.2) is 0 Å². The topological polar surface area (TPSA) is 40.5 Å². The molecule has 2 rings (SSSR count). The van der Waals surface area contributed by atoms with Crippen molar-refractivity contribution in [3.8, 4) is 0 Å². The molecule has 1 aliphatic rings. The molecule has 0 radical (unpaired) electrons. The molecule has 1 aromatic carbocycles. The minimum Gasteiger partial charge on any atom is -0.478 e. The van der Waals surface area contributed by atoms with Crippen molar-refractivity contribution >= 4 is 27.6 Å². The molecule has 1 unspecified atom stereocenters. The van der Waals surface area contributed by atoms with Crippen LogP contribution in [0.1, 0.15) is 36.5 Å². The van der Waals surface area contributed by atoms with Crippen LogP contribution < -0.4 is 4.90 Å². The van der Waals surface area contributed by atoms with E-state index in [0.29, 0.717) is 11.6 Å². The van der Waals surface area contributed by atoms with E-state index in [0.717, 1.165) is 16.7 Å². The lowest BCUT2D eigenvalue weighted by Crippen LogP contribution is -2.37. The molecule has 1 aromatic rings. The molecule has 0 aliphatic carbocycles. The van der Waals surface area contributed by atoms with Gasteiger partial charge in [0.2, 0.25) is 0 Å². The zero-order valence-corrected chi connectivity index (χ0v) is 11.4. The van der Waals surface area contributed by atoms with Crippen molar-refractivity contribution in [2.24, 2.45) is 0 Å². The van der Waals surface area contributed by atoms with E-state index in [1.807, 2.05) is 6.07 Å². The van der Waals surface area contributed by atoms with Crippen LogP contribution in [0.4, 0.5) is 5.69 Å². The van der Waals surface area contributed by atoms with Gasteiger partial charge < -0.3 is 10.0 Å². The number of carbonyl (C=O) groups is 1. The second-order valence-electron chi connectivity index (χ2n) is 4.54. The average molecular weight is 298 g/mol. The molecule has 0 amide bonds. The van der Waals surface area contributed by atoms with Crippen molar-refractivity contribution in [3.05, 3.63) is 28.2 Å². The first-order valence-electron chi connectivity index (χ1n) is 5.88. The van der Waals surface area contributed by atoms with Crippen LogP contribution >= 0.6 is 15.9 Å². The number of carboxylic acid groups (broad SMARTS) is 1. The highest BCUT2D eigenvalue weighted by molar-refractivity contribution is 9.10. The fraction of sp³-hybridized carbons (Fsp3) is 0.462. The Bertz CT molecular complexity index is 433. The number of piperidine rings is 1. The summed E-state index contributed by atoms with van der Waals surface area (Å²) in [6.45, 7) is 3.21. The highest BCUT2D eigenvalue weighted by atomic mass is 79.9. The van der Waals surface area contributed by atoms with Crippen molar-refractivity contribution < 1.29 is 9.90 Å². The van der Waals surface area contributed by atoms with Gasteiger partial charge in [-0.3, -0.25) is 0 Å². The van der Waals surface area contributed by atoms with E-state index in [-0.39, 0.29) is 0 Å². The van der Waals surface area contributed by atoms with E-state index in [1.165, 1.54) is 19.3 Å². The van der Waals surface area contributed by atoms with E-state index in [9.17, 15) is 4.79 Å². The first-order chi connectivity index (χ1) is 8.08. The number of anilines is 1. The smallest absolute Gasteiger partial charge is 0.335 e. The van der Waals surface area contributed by atoms with E-state index in [2.05, 4.69) is 27.8 Å². The quantitative estimate of drug-likeness (QED) is 0.908. The Hall–Kier alpha value is -1.03. The van der Waals surface area contributed by atoms with Gasteiger partial charge in [0, 0.05) is 22.7 Å². The molecule has 1 fully saturated rings. The van der Waals surface area contributed by atoms with Gasteiger partial charge in [0.05, 0.1) is 5.56 Å². The minimum absolute atomic E-state index is 0.340. The molecule has 1 heterocycles. The normalized spacial score (nSPS) is 20.4. The number of hydrogen-bond donors (Lipinski definition) is 1. The first kappa shape index (κ1) is 12.4. The van der Waals surface area contributed by atoms with Crippen LogP contribution in [-0.4, -0.2) is 23.7 Å². The SMILES string of the molecule is CC1CCCCN1c1cc(Br)cc(C(=O)O)c1. The van der Waals surface area contributed by atoms with E-state index in [4.69, 9.17) is 5.11 Å². The summed E-state index contributed by atoms with van der Waals surface area (Å²) in [5, 5.41) is 9.06. The lowest BCUT2D eigenvalue weighted by atomic mass is 10.0. The largest absolute Gasteiger partial charge is 0.478 e. The van der Waals surface area contributed by atoms with Crippen LogP contribution in [-0.2, 0) is 0 Å². The third-order valence-corrected chi connectivity index (χ3v) is 3.72. The van der Waals surface area contributed by atoms with Crippen molar-refractivity contribution in [2.75, 3.05) is 11.4 Å². The summed E-state index contributed by atoms with van der Waals surface area (Å²) in [5.41, 5.74) is 1.34. The average Bonchev–Trinajstić information content (AvgIpc) is 2.28. The summed E-state index contributed by atoms with van der Waals surface area (Å²) in [7, 11) is 0. The Balaban J connectivity index is 2.33. The zero-order chi connectivity index (χ0) is 12.4. The Labute approximate surface area is 110 Å². The van der Waals surface area contributed by atoms with E-state index in [1.54, 1.807) is 12.1 Å². The van der Waals surface area contributed by atoms with E-state index >= 15 is 0 Å². The van der Waals surface area contributed by atoms with Gasteiger partial charge in [-0.15, -0.1) is 0 Å². The number of nitrogens with zero attached hydrogens (tertiary/aromatic N) is 1. The molecule has 3 nitrogen and oxygen atoms in total. The predicted molar refractivity (Wildman–Crippen MR) is 71.8 cm³/mol. The summed E-state index contributed by atoms with van der Waals surface area (Å²) < 4.78 is 0.824. The number of hydrogen-bond acceptors (Lipinski definition) is 2. The van der Waals surface area contributed by atoms with Crippen molar-refractivity contribution in [1.82, 2.24) is 0 Å². The zero-order valence-electron chi connectivity index (χ0n) is 9.82. The summed E-state index contributed by atoms with van der Waals surface area (Å²) >= 11 is 3.38. The number of benzene rings is 1. The molecule has 0 aromatic heterocycles. The molecule has 1 aliphatic heterocycles. The summed E-state index contributed by atoms with van der Waals surface area (Å²) in [5.74, 6) is -0.878. The summed E-state index contributed by atoms with van der Waals surface area (Å²) in [6, 6.07) is 5.88. The van der Waals surface area contributed by atoms with Crippen LogP contribution in [0, 0.1) is 0 Å². The molecule has 1 N–H and O–H groups in total. The second-order valence-corrected chi connectivity index (χ2v) is 5.46. The van der Waals surface area contributed by atoms with Crippen LogP contribution in [0.25, 0.3) is 0 Å². The van der Waals surface area contributed by atoms with Crippen molar-refractivity contribution in [2.45, 2.75) is 32.2 Å². The molecule has 0 spiro atoms. The van der Waals surface area contributed by atoms with E-state index < -0.39 is 5.97 Å². The van der Waals surface area contributed by atoms with Gasteiger partial charge in [-0.2, -0.15) is 0 Å². The molecule has 0 bridgehead atoms. The monoisotopic (exact) mass is 297 g/mol. The highest BCUT2D eigenvalue weighted by Crippen LogP contribution is 2.28. The third kappa shape index (κ3) is 2.80. The maximum Gasteiger partial charge on any atom is 0.335 e. The number of halogens is 1. The number of aromatic carboxylic acids is 1. The maximum absolute atomic E-state index is 11.0. The molecule has 4 heteroatoms. The van der Waals surface area contributed by atoms with Gasteiger partial charge in [0.1, 0.15) is 0 Å². The Morgan fingerprint density at radius 1 is 1.41 bits per heavy atom. The molecule has 0 saturated carbocycles. The Morgan fingerprint density at radius 3 is 2.82 bits per heavy atom. The number of carboxylic acids is 1. The molecule has 1 atom stereocenters.